The number of nitrogens with one attached hydrogen (secondary N) is 1. The van der Waals surface area contributed by atoms with Crippen LogP contribution < -0.4 is 10.5 Å². The molecule has 1 aliphatic heterocycles. The van der Waals surface area contributed by atoms with Gasteiger partial charge in [0.15, 0.2) is 0 Å². The molecule has 21 heavy (non-hydrogen) atoms. The van der Waals surface area contributed by atoms with Crippen LogP contribution >= 0.6 is 0 Å². The van der Waals surface area contributed by atoms with E-state index < -0.39 is 0 Å². The number of likely N-dealkylation sites (N-methyl/N-ethyl adjacent to an activating group) is 1. The van der Waals surface area contributed by atoms with E-state index in [0.29, 0.717) is 5.52 Å². The highest BCUT2D eigenvalue weighted by Gasteiger charge is 2.22. The molecule has 1 fully saturated rings. The van der Waals surface area contributed by atoms with Crippen LogP contribution in [-0.4, -0.2) is 47.6 Å². The molecule has 0 radical (unpaired) electrons. The van der Waals surface area contributed by atoms with Gasteiger partial charge in [-0.3, -0.25) is 9.78 Å². The first-order valence-corrected chi connectivity index (χ1v) is 7.12. The second-order valence-electron chi connectivity index (χ2n) is 5.13. The molecular formula is C15H17N5O. The topological polar surface area (TPSA) is 76.0 Å². The summed E-state index contributed by atoms with van der Waals surface area (Å²) < 4.78 is 0. The third kappa shape index (κ3) is 2.36. The summed E-state index contributed by atoms with van der Waals surface area (Å²) >= 11 is 0. The number of hydrogen-bond acceptors (Lipinski definition) is 5. The van der Waals surface area contributed by atoms with Crippen LogP contribution in [-0.2, 0) is 0 Å². The molecule has 0 atom stereocenters. The van der Waals surface area contributed by atoms with Crippen LogP contribution in [0.4, 0.5) is 5.69 Å². The first kappa shape index (κ1) is 13.6. The molecule has 1 N–H and O–H groups in total. The van der Waals surface area contributed by atoms with Crippen molar-refractivity contribution in [3.05, 3.63) is 34.4 Å². The quantitative estimate of drug-likeness (QED) is 0.887. The lowest BCUT2D eigenvalue weighted by Crippen LogP contribution is -2.46. The predicted molar refractivity (Wildman–Crippen MR) is 81.4 cm³/mol. The number of nitrogens with zero attached hydrogens (tertiary/aromatic N) is 4. The minimum absolute atomic E-state index is 0.193. The maximum Gasteiger partial charge on any atom is 0.268 e. The Hall–Kier alpha value is -2.39. The van der Waals surface area contributed by atoms with Gasteiger partial charge < -0.3 is 14.8 Å². The van der Waals surface area contributed by atoms with Crippen molar-refractivity contribution in [1.82, 2.24) is 14.9 Å². The average molecular weight is 283 g/mol. The first-order valence-electron chi connectivity index (χ1n) is 7.12. The van der Waals surface area contributed by atoms with Gasteiger partial charge in [0.05, 0.1) is 17.4 Å². The molecule has 0 amide bonds. The van der Waals surface area contributed by atoms with E-state index in [2.05, 4.69) is 32.8 Å². The van der Waals surface area contributed by atoms with Crippen molar-refractivity contribution in [2.24, 2.45) is 0 Å². The van der Waals surface area contributed by atoms with Crippen molar-refractivity contribution in [3.8, 4) is 6.07 Å². The van der Waals surface area contributed by atoms with Gasteiger partial charge in [-0.1, -0.05) is 6.92 Å². The van der Waals surface area contributed by atoms with Gasteiger partial charge in [0.2, 0.25) is 0 Å². The molecule has 6 nitrogen and oxygen atoms in total. The van der Waals surface area contributed by atoms with Gasteiger partial charge in [0.25, 0.3) is 5.56 Å². The van der Waals surface area contributed by atoms with Gasteiger partial charge in [0, 0.05) is 37.8 Å². The fraction of sp³-hybridized carbons (Fsp3) is 0.400. The third-order valence-electron chi connectivity index (χ3n) is 4.04. The first-order chi connectivity index (χ1) is 10.2. The Bertz CT molecular complexity index is 753. The number of aromatic nitrogens is 2. The third-order valence-corrected chi connectivity index (χ3v) is 4.04. The number of hydrogen-bond donors (Lipinski definition) is 1. The van der Waals surface area contributed by atoms with Crippen LogP contribution in [0.2, 0.25) is 0 Å². The Labute approximate surface area is 122 Å². The largest absolute Gasteiger partial charge is 0.367 e. The molecule has 0 bridgehead atoms. The molecule has 0 aliphatic carbocycles. The molecule has 2 aromatic heterocycles. The molecule has 2 aromatic rings. The van der Waals surface area contributed by atoms with Gasteiger partial charge in [-0.25, -0.2) is 0 Å². The predicted octanol–water partition coefficient (Wildman–Crippen LogP) is 0.937. The summed E-state index contributed by atoms with van der Waals surface area (Å²) in [5, 5.41) is 10.2. The van der Waals surface area contributed by atoms with E-state index in [1.54, 1.807) is 12.4 Å². The number of piperazine rings is 1. The second-order valence-corrected chi connectivity index (χ2v) is 5.13. The van der Waals surface area contributed by atoms with Crippen molar-refractivity contribution in [2.45, 2.75) is 6.92 Å². The van der Waals surface area contributed by atoms with E-state index in [-0.39, 0.29) is 11.1 Å². The summed E-state index contributed by atoms with van der Waals surface area (Å²) in [7, 11) is 0. The fourth-order valence-corrected chi connectivity index (χ4v) is 2.85. The SMILES string of the molecule is CCN1CCN(c2c(C#N)c(=O)[nH]c3cnccc23)CC1. The standard InChI is InChI=1S/C15H17N5O/c1-2-19-5-7-20(8-6-19)14-11-3-4-17-10-13(11)18-15(21)12(14)9-16/h3-4,10H,2,5-8H2,1H3,(H,18,21). The van der Waals surface area contributed by atoms with Crippen LogP contribution in [0.25, 0.3) is 10.9 Å². The lowest BCUT2D eigenvalue weighted by molar-refractivity contribution is 0.271. The number of H-pyrrole nitrogens is 1. The summed E-state index contributed by atoms with van der Waals surface area (Å²) in [4.78, 5) is 23.4. The Kier molecular flexibility index (Phi) is 3.59. The number of pyridine rings is 2. The molecule has 3 rings (SSSR count). The van der Waals surface area contributed by atoms with Crippen LogP contribution in [0.3, 0.4) is 0 Å². The normalized spacial score (nSPS) is 16.1. The number of nitriles is 1. The summed E-state index contributed by atoms with van der Waals surface area (Å²) in [5.74, 6) is 0. The van der Waals surface area contributed by atoms with Crippen molar-refractivity contribution in [2.75, 3.05) is 37.6 Å². The maximum absolute atomic E-state index is 12.1. The van der Waals surface area contributed by atoms with Gasteiger partial charge in [-0.15, -0.1) is 0 Å². The van der Waals surface area contributed by atoms with E-state index in [1.807, 2.05) is 6.07 Å². The van der Waals surface area contributed by atoms with E-state index in [9.17, 15) is 10.1 Å². The molecule has 0 saturated carbocycles. The smallest absolute Gasteiger partial charge is 0.268 e. The fourth-order valence-electron chi connectivity index (χ4n) is 2.85. The number of fused-ring (bicyclic) bond motifs is 1. The van der Waals surface area contributed by atoms with E-state index >= 15 is 0 Å². The molecule has 0 aromatic carbocycles. The Balaban J connectivity index is 2.13. The summed E-state index contributed by atoms with van der Waals surface area (Å²) in [6.45, 7) is 6.71. The van der Waals surface area contributed by atoms with Crippen molar-refractivity contribution >= 4 is 16.6 Å². The van der Waals surface area contributed by atoms with Crippen molar-refractivity contribution in [1.29, 1.82) is 5.26 Å². The van der Waals surface area contributed by atoms with Crippen LogP contribution in [0, 0.1) is 11.3 Å². The van der Waals surface area contributed by atoms with E-state index in [1.165, 1.54) is 0 Å². The van der Waals surface area contributed by atoms with Crippen molar-refractivity contribution in [3.63, 3.8) is 0 Å². The maximum atomic E-state index is 12.1. The molecule has 0 unspecified atom stereocenters. The zero-order valence-electron chi connectivity index (χ0n) is 12.0. The number of aromatic amines is 1. The average Bonchev–Trinajstić information content (AvgIpc) is 2.53. The van der Waals surface area contributed by atoms with Gasteiger partial charge in [0.1, 0.15) is 11.6 Å². The highest BCUT2D eigenvalue weighted by molar-refractivity contribution is 5.93. The van der Waals surface area contributed by atoms with Crippen molar-refractivity contribution < 1.29 is 0 Å². The van der Waals surface area contributed by atoms with Crippen LogP contribution in [0.5, 0.6) is 0 Å². The molecular weight excluding hydrogens is 266 g/mol. The summed E-state index contributed by atoms with van der Waals surface area (Å²) in [6.07, 6.45) is 3.32. The number of anilines is 1. The molecule has 6 heteroatoms. The zero-order chi connectivity index (χ0) is 14.8. The lowest BCUT2D eigenvalue weighted by atomic mass is 10.1. The van der Waals surface area contributed by atoms with Crippen LogP contribution in [0.15, 0.2) is 23.3 Å². The minimum Gasteiger partial charge on any atom is -0.367 e. The summed E-state index contributed by atoms with van der Waals surface area (Å²) in [6, 6.07) is 3.91. The lowest BCUT2D eigenvalue weighted by Gasteiger charge is -2.36. The Morgan fingerprint density at radius 3 is 2.81 bits per heavy atom. The van der Waals surface area contributed by atoms with E-state index in [4.69, 9.17) is 0 Å². The highest BCUT2D eigenvalue weighted by Crippen LogP contribution is 2.27. The van der Waals surface area contributed by atoms with Gasteiger partial charge in [-0.05, 0) is 12.6 Å². The monoisotopic (exact) mass is 283 g/mol. The van der Waals surface area contributed by atoms with Crippen LogP contribution in [0.1, 0.15) is 12.5 Å². The number of rotatable bonds is 2. The van der Waals surface area contributed by atoms with Gasteiger partial charge >= 0.3 is 0 Å². The molecule has 1 saturated heterocycles. The summed E-state index contributed by atoms with van der Waals surface area (Å²) in [5.41, 5.74) is 1.27. The molecule has 0 spiro atoms. The zero-order valence-corrected chi connectivity index (χ0v) is 12.0. The molecule has 1 aliphatic rings. The Morgan fingerprint density at radius 2 is 2.14 bits per heavy atom. The van der Waals surface area contributed by atoms with Gasteiger partial charge in [-0.2, -0.15) is 5.26 Å². The second kappa shape index (κ2) is 5.54. The molecule has 108 valence electrons. The Morgan fingerprint density at radius 1 is 1.38 bits per heavy atom. The minimum atomic E-state index is -0.342. The van der Waals surface area contributed by atoms with E-state index in [0.717, 1.165) is 43.8 Å². The highest BCUT2D eigenvalue weighted by atomic mass is 16.1. The molecule has 3 heterocycles.